The van der Waals surface area contributed by atoms with Crippen molar-refractivity contribution in [3.05, 3.63) is 23.9 Å². The molecule has 3 heteroatoms. The predicted molar refractivity (Wildman–Crippen MR) is 63.0 cm³/mol. The molecule has 0 aromatic carbocycles. The predicted octanol–water partition coefficient (Wildman–Crippen LogP) is 1.57. The highest BCUT2D eigenvalue weighted by Gasteiger charge is 2.28. The minimum atomic E-state index is 0.195. The Bertz CT molecular complexity index is 331. The zero-order valence-electron chi connectivity index (χ0n) is 9.48. The van der Waals surface area contributed by atoms with E-state index in [-0.39, 0.29) is 6.04 Å². The van der Waals surface area contributed by atoms with Gasteiger partial charge in [-0.15, -0.1) is 0 Å². The number of hydrogen-bond acceptors (Lipinski definition) is 3. The van der Waals surface area contributed by atoms with Crippen LogP contribution < -0.4 is 10.6 Å². The normalized spacial score (nSPS) is 17.5. The summed E-state index contributed by atoms with van der Waals surface area (Å²) in [5.74, 6) is 1.11. The Morgan fingerprint density at radius 2 is 2.33 bits per heavy atom. The summed E-state index contributed by atoms with van der Waals surface area (Å²) in [6, 6.07) is 5.01. The van der Waals surface area contributed by atoms with Gasteiger partial charge in [0.05, 0.1) is 0 Å². The minimum absolute atomic E-state index is 0.195. The van der Waals surface area contributed by atoms with Crippen LogP contribution in [-0.2, 0) is 6.42 Å². The van der Waals surface area contributed by atoms with E-state index in [4.69, 9.17) is 5.73 Å². The molecule has 1 unspecified atom stereocenters. The van der Waals surface area contributed by atoms with Gasteiger partial charge in [-0.25, -0.2) is 4.98 Å². The molecule has 15 heavy (non-hydrogen) atoms. The fraction of sp³-hybridized carbons (Fsp3) is 0.583. The minimum Gasteiger partial charge on any atom is -0.356 e. The molecule has 0 amide bonds. The second kappa shape index (κ2) is 4.19. The van der Waals surface area contributed by atoms with Crippen molar-refractivity contribution < 1.29 is 0 Å². The van der Waals surface area contributed by atoms with Crippen LogP contribution in [0.25, 0.3) is 0 Å². The van der Waals surface area contributed by atoms with Gasteiger partial charge in [-0.2, -0.15) is 0 Å². The maximum absolute atomic E-state index is 5.84. The van der Waals surface area contributed by atoms with Crippen LogP contribution in [0, 0.1) is 0 Å². The van der Waals surface area contributed by atoms with Gasteiger partial charge in [0.1, 0.15) is 5.82 Å². The highest BCUT2D eigenvalue weighted by Crippen LogP contribution is 2.30. The van der Waals surface area contributed by atoms with Crippen molar-refractivity contribution in [2.45, 2.75) is 38.3 Å². The van der Waals surface area contributed by atoms with Crippen molar-refractivity contribution >= 4 is 5.82 Å². The lowest BCUT2D eigenvalue weighted by molar-refractivity contribution is 0.729. The third-order valence-corrected chi connectivity index (χ3v) is 2.84. The summed E-state index contributed by atoms with van der Waals surface area (Å²) < 4.78 is 0. The molecular weight excluding hydrogens is 186 g/mol. The lowest BCUT2D eigenvalue weighted by Gasteiger charge is -2.21. The smallest absolute Gasteiger partial charge is 0.131 e. The molecular formula is C12H19N3. The van der Waals surface area contributed by atoms with E-state index in [0.29, 0.717) is 6.04 Å². The molecule has 0 bridgehead atoms. The van der Waals surface area contributed by atoms with Gasteiger partial charge < -0.3 is 10.6 Å². The topological polar surface area (TPSA) is 42.1 Å². The number of rotatable bonds is 4. The summed E-state index contributed by atoms with van der Waals surface area (Å²) in [4.78, 5) is 6.75. The van der Waals surface area contributed by atoms with E-state index in [0.717, 1.165) is 12.2 Å². The molecule has 0 saturated heterocycles. The molecule has 82 valence electrons. The second-order valence-electron chi connectivity index (χ2n) is 4.51. The molecule has 1 aliphatic rings. The lowest BCUT2D eigenvalue weighted by Crippen LogP contribution is -2.25. The summed E-state index contributed by atoms with van der Waals surface area (Å²) in [7, 11) is 2.13. The summed E-state index contributed by atoms with van der Waals surface area (Å²) >= 11 is 0. The van der Waals surface area contributed by atoms with E-state index in [1.165, 1.54) is 18.4 Å². The number of nitrogens with two attached hydrogens (primary N) is 1. The van der Waals surface area contributed by atoms with E-state index >= 15 is 0 Å². The lowest BCUT2D eigenvalue weighted by atomic mass is 10.1. The number of aromatic nitrogens is 1. The zero-order valence-corrected chi connectivity index (χ0v) is 9.48. The van der Waals surface area contributed by atoms with Gasteiger partial charge in [0.25, 0.3) is 0 Å². The summed E-state index contributed by atoms with van der Waals surface area (Å²) in [6.45, 7) is 2.04. The molecule has 1 saturated carbocycles. The molecule has 0 spiro atoms. The van der Waals surface area contributed by atoms with Crippen molar-refractivity contribution in [3.63, 3.8) is 0 Å². The van der Waals surface area contributed by atoms with E-state index < -0.39 is 0 Å². The van der Waals surface area contributed by atoms with Gasteiger partial charge in [-0.05, 0) is 37.8 Å². The molecule has 1 fully saturated rings. The molecule has 1 aliphatic carbocycles. The van der Waals surface area contributed by atoms with Gasteiger partial charge >= 0.3 is 0 Å². The van der Waals surface area contributed by atoms with Crippen LogP contribution in [0.15, 0.2) is 18.3 Å². The van der Waals surface area contributed by atoms with Crippen molar-refractivity contribution in [1.29, 1.82) is 0 Å². The first-order chi connectivity index (χ1) is 7.18. The Kier molecular flexibility index (Phi) is 2.91. The maximum atomic E-state index is 5.84. The first-order valence-corrected chi connectivity index (χ1v) is 5.61. The maximum Gasteiger partial charge on any atom is 0.131 e. The van der Waals surface area contributed by atoms with Crippen LogP contribution >= 0.6 is 0 Å². The third kappa shape index (κ3) is 2.48. The van der Waals surface area contributed by atoms with Gasteiger partial charge in [0, 0.05) is 25.3 Å². The molecule has 2 N–H and O–H groups in total. The van der Waals surface area contributed by atoms with Crippen molar-refractivity contribution in [3.8, 4) is 0 Å². The Morgan fingerprint density at radius 1 is 1.60 bits per heavy atom. The number of hydrogen-bond donors (Lipinski definition) is 1. The van der Waals surface area contributed by atoms with E-state index in [2.05, 4.69) is 23.0 Å². The van der Waals surface area contributed by atoms with Crippen LogP contribution in [0.5, 0.6) is 0 Å². The zero-order chi connectivity index (χ0) is 10.8. The quantitative estimate of drug-likeness (QED) is 0.811. The standard InChI is InChI=1S/C12H19N3/c1-9(13)8-10-4-3-7-14-12(10)15(2)11-5-6-11/h3-4,7,9,11H,5-6,8,13H2,1-2H3. The van der Waals surface area contributed by atoms with Crippen LogP contribution in [0.3, 0.4) is 0 Å². The SMILES string of the molecule is CC(N)Cc1cccnc1N(C)C1CC1. The average Bonchev–Trinajstić information content (AvgIpc) is 3.00. The number of nitrogens with zero attached hydrogens (tertiary/aromatic N) is 2. The fourth-order valence-electron chi connectivity index (χ4n) is 1.89. The molecule has 1 heterocycles. The number of anilines is 1. The van der Waals surface area contributed by atoms with E-state index in [1.807, 2.05) is 19.2 Å². The van der Waals surface area contributed by atoms with Crippen LogP contribution in [-0.4, -0.2) is 24.1 Å². The second-order valence-corrected chi connectivity index (χ2v) is 4.51. The van der Waals surface area contributed by atoms with Crippen LogP contribution in [0.4, 0.5) is 5.82 Å². The first kappa shape index (κ1) is 10.4. The van der Waals surface area contributed by atoms with Crippen molar-refractivity contribution in [2.75, 3.05) is 11.9 Å². The molecule has 0 aliphatic heterocycles. The molecule has 1 atom stereocenters. The monoisotopic (exact) mass is 205 g/mol. The van der Waals surface area contributed by atoms with E-state index in [1.54, 1.807) is 0 Å². The number of pyridine rings is 1. The van der Waals surface area contributed by atoms with Gasteiger partial charge in [0.2, 0.25) is 0 Å². The third-order valence-electron chi connectivity index (χ3n) is 2.84. The van der Waals surface area contributed by atoms with Gasteiger partial charge in [0.15, 0.2) is 0 Å². The summed E-state index contributed by atoms with van der Waals surface area (Å²) in [6.07, 6.45) is 5.36. The van der Waals surface area contributed by atoms with E-state index in [9.17, 15) is 0 Å². The Hall–Kier alpha value is -1.09. The van der Waals surface area contributed by atoms with Crippen molar-refractivity contribution in [2.24, 2.45) is 5.73 Å². The largest absolute Gasteiger partial charge is 0.356 e. The Morgan fingerprint density at radius 3 is 2.93 bits per heavy atom. The molecule has 0 radical (unpaired) electrons. The summed E-state index contributed by atoms with van der Waals surface area (Å²) in [5.41, 5.74) is 7.10. The fourth-order valence-corrected chi connectivity index (χ4v) is 1.89. The van der Waals surface area contributed by atoms with Crippen molar-refractivity contribution in [1.82, 2.24) is 4.98 Å². The Balaban J connectivity index is 2.20. The van der Waals surface area contributed by atoms with Gasteiger partial charge in [-0.3, -0.25) is 0 Å². The molecule has 1 aromatic rings. The molecule has 2 rings (SSSR count). The molecule has 1 aromatic heterocycles. The van der Waals surface area contributed by atoms with Gasteiger partial charge in [-0.1, -0.05) is 6.07 Å². The summed E-state index contributed by atoms with van der Waals surface area (Å²) in [5, 5.41) is 0. The van der Waals surface area contributed by atoms with Crippen LogP contribution in [0.1, 0.15) is 25.3 Å². The average molecular weight is 205 g/mol. The molecule has 3 nitrogen and oxygen atoms in total. The van der Waals surface area contributed by atoms with Crippen LogP contribution in [0.2, 0.25) is 0 Å². The highest BCUT2D eigenvalue weighted by molar-refractivity contribution is 5.48. The highest BCUT2D eigenvalue weighted by atomic mass is 15.2. The Labute approximate surface area is 91.3 Å². The first-order valence-electron chi connectivity index (χ1n) is 5.61.